The number of halogens is 1. The molecule has 0 aliphatic carbocycles. The van der Waals surface area contributed by atoms with Crippen molar-refractivity contribution in [3.63, 3.8) is 0 Å². The second kappa shape index (κ2) is 11.1. The van der Waals surface area contributed by atoms with Crippen LogP contribution in [0.3, 0.4) is 0 Å². The molecule has 34 heavy (non-hydrogen) atoms. The lowest BCUT2D eigenvalue weighted by molar-refractivity contribution is 0.0938. The minimum atomic E-state index is -0.288. The maximum absolute atomic E-state index is 12.8. The van der Waals surface area contributed by atoms with Crippen LogP contribution in [0.1, 0.15) is 42.0 Å². The van der Waals surface area contributed by atoms with Crippen molar-refractivity contribution in [3.05, 3.63) is 89.2 Å². The van der Waals surface area contributed by atoms with Gasteiger partial charge in [0.15, 0.2) is 0 Å². The number of hydrogen-bond donors (Lipinski definition) is 1. The summed E-state index contributed by atoms with van der Waals surface area (Å²) in [6.07, 6.45) is 1.78. The molecule has 6 nitrogen and oxygen atoms in total. The van der Waals surface area contributed by atoms with E-state index < -0.39 is 0 Å². The molecular weight excluding hydrogens is 450 g/mol. The monoisotopic (exact) mass is 477 g/mol. The number of unbranched alkanes of at least 4 members (excludes halogenated alkanes) is 1. The van der Waals surface area contributed by atoms with Crippen molar-refractivity contribution in [1.82, 2.24) is 14.9 Å². The maximum atomic E-state index is 12.8. The van der Waals surface area contributed by atoms with E-state index in [1.54, 1.807) is 31.4 Å². The zero-order valence-corrected chi connectivity index (χ0v) is 20.1. The fraction of sp³-hybridized carbons (Fsp3) is 0.259. The number of imidazole rings is 1. The summed E-state index contributed by atoms with van der Waals surface area (Å²) in [5, 5.41) is 3.47. The zero-order valence-electron chi connectivity index (χ0n) is 19.3. The molecule has 1 heterocycles. The van der Waals surface area contributed by atoms with Crippen LogP contribution < -0.4 is 14.8 Å². The van der Waals surface area contributed by atoms with E-state index in [9.17, 15) is 4.79 Å². The Bertz CT molecular complexity index is 1270. The molecule has 0 radical (unpaired) electrons. The largest absolute Gasteiger partial charge is 0.497 e. The minimum Gasteiger partial charge on any atom is -0.497 e. The molecule has 1 unspecified atom stereocenters. The average Bonchev–Trinajstić information content (AvgIpc) is 3.23. The SMILES string of the molecule is COc1cccc(OCCCCn2c(C(C)NC(=O)c3ccccc3Cl)nc3ccccc32)c1. The van der Waals surface area contributed by atoms with E-state index in [0.29, 0.717) is 17.2 Å². The lowest BCUT2D eigenvalue weighted by Gasteiger charge is -2.17. The summed E-state index contributed by atoms with van der Waals surface area (Å²) in [5.41, 5.74) is 2.40. The Labute approximate surface area is 204 Å². The number of ether oxygens (including phenoxy) is 2. The molecule has 1 N–H and O–H groups in total. The first-order valence-electron chi connectivity index (χ1n) is 11.3. The van der Waals surface area contributed by atoms with Gasteiger partial charge in [0, 0.05) is 12.6 Å². The molecule has 1 amide bonds. The third-order valence-corrected chi connectivity index (χ3v) is 5.95. The van der Waals surface area contributed by atoms with Crippen molar-refractivity contribution in [1.29, 1.82) is 0 Å². The minimum absolute atomic E-state index is 0.219. The number of para-hydroxylation sites is 2. The molecule has 0 aliphatic heterocycles. The van der Waals surface area contributed by atoms with Crippen molar-refractivity contribution in [2.75, 3.05) is 13.7 Å². The molecule has 7 heteroatoms. The van der Waals surface area contributed by atoms with Gasteiger partial charge in [-0.05, 0) is 56.2 Å². The molecule has 0 aliphatic rings. The first-order chi connectivity index (χ1) is 16.6. The van der Waals surface area contributed by atoms with Crippen LogP contribution in [-0.4, -0.2) is 29.2 Å². The Hall–Kier alpha value is -3.51. The predicted molar refractivity (Wildman–Crippen MR) is 135 cm³/mol. The summed E-state index contributed by atoms with van der Waals surface area (Å²) in [6, 6.07) is 22.4. The van der Waals surface area contributed by atoms with Crippen LogP contribution in [-0.2, 0) is 6.54 Å². The van der Waals surface area contributed by atoms with Crippen LogP contribution in [0.25, 0.3) is 11.0 Å². The van der Waals surface area contributed by atoms with Gasteiger partial charge in [-0.2, -0.15) is 0 Å². The number of amides is 1. The Kier molecular flexibility index (Phi) is 7.70. The number of hydrogen-bond acceptors (Lipinski definition) is 4. The highest BCUT2D eigenvalue weighted by atomic mass is 35.5. The van der Waals surface area contributed by atoms with Crippen molar-refractivity contribution in [2.24, 2.45) is 0 Å². The fourth-order valence-electron chi connectivity index (χ4n) is 3.90. The maximum Gasteiger partial charge on any atom is 0.253 e. The second-order valence-corrected chi connectivity index (χ2v) is 8.43. The zero-order chi connectivity index (χ0) is 23.9. The van der Waals surface area contributed by atoms with Crippen LogP contribution in [0.4, 0.5) is 0 Å². The van der Waals surface area contributed by atoms with Gasteiger partial charge in [-0.1, -0.05) is 41.9 Å². The van der Waals surface area contributed by atoms with E-state index in [1.165, 1.54) is 0 Å². The summed E-state index contributed by atoms with van der Waals surface area (Å²) in [7, 11) is 1.64. The van der Waals surface area contributed by atoms with Crippen LogP contribution in [0.2, 0.25) is 5.02 Å². The first-order valence-corrected chi connectivity index (χ1v) is 11.7. The number of fused-ring (bicyclic) bond motifs is 1. The molecule has 0 fully saturated rings. The molecule has 1 atom stereocenters. The molecule has 0 saturated carbocycles. The number of nitrogens with one attached hydrogen (secondary N) is 1. The Morgan fingerprint density at radius 1 is 1.03 bits per heavy atom. The van der Waals surface area contributed by atoms with Crippen LogP contribution in [0.5, 0.6) is 11.5 Å². The van der Waals surface area contributed by atoms with Gasteiger partial charge in [-0.3, -0.25) is 4.79 Å². The summed E-state index contributed by atoms with van der Waals surface area (Å²) in [6.45, 7) is 3.32. The predicted octanol–water partition coefficient (Wildman–Crippen LogP) is 6.05. The van der Waals surface area contributed by atoms with Crippen LogP contribution in [0.15, 0.2) is 72.8 Å². The number of benzene rings is 3. The number of carbonyl (C=O) groups is 1. The highest BCUT2D eigenvalue weighted by Gasteiger charge is 2.20. The van der Waals surface area contributed by atoms with Crippen LogP contribution >= 0.6 is 11.6 Å². The van der Waals surface area contributed by atoms with Gasteiger partial charge in [0.2, 0.25) is 0 Å². The third-order valence-electron chi connectivity index (χ3n) is 5.62. The van der Waals surface area contributed by atoms with Gasteiger partial charge in [-0.25, -0.2) is 4.98 Å². The van der Waals surface area contributed by atoms with E-state index >= 15 is 0 Å². The molecule has 0 spiro atoms. The molecule has 1 aromatic heterocycles. The molecule has 3 aromatic carbocycles. The van der Waals surface area contributed by atoms with Gasteiger partial charge < -0.3 is 19.4 Å². The number of aromatic nitrogens is 2. The summed E-state index contributed by atoms with van der Waals surface area (Å²) < 4.78 is 13.3. The van der Waals surface area contributed by atoms with Gasteiger partial charge in [0.25, 0.3) is 5.91 Å². The summed E-state index contributed by atoms with van der Waals surface area (Å²) >= 11 is 6.20. The van der Waals surface area contributed by atoms with Gasteiger partial charge in [0.1, 0.15) is 17.3 Å². The Morgan fingerprint density at radius 3 is 2.62 bits per heavy atom. The number of carbonyl (C=O) groups excluding carboxylic acids is 1. The average molecular weight is 478 g/mol. The lowest BCUT2D eigenvalue weighted by Crippen LogP contribution is -2.29. The first kappa shape index (κ1) is 23.6. The van der Waals surface area contributed by atoms with E-state index in [-0.39, 0.29) is 11.9 Å². The highest BCUT2D eigenvalue weighted by Crippen LogP contribution is 2.23. The van der Waals surface area contributed by atoms with Gasteiger partial charge in [-0.15, -0.1) is 0 Å². The van der Waals surface area contributed by atoms with Crippen molar-refractivity contribution in [2.45, 2.75) is 32.4 Å². The molecule has 0 saturated heterocycles. The highest BCUT2D eigenvalue weighted by molar-refractivity contribution is 6.33. The number of nitrogens with zero attached hydrogens (tertiary/aromatic N) is 2. The van der Waals surface area contributed by atoms with Crippen molar-refractivity contribution in [3.8, 4) is 11.5 Å². The molecular formula is C27H28ClN3O3. The number of rotatable bonds is 10. The van der Waals surface area contributed by atoms with Crippen LogP contribution in [0, 0.1) is 0 Å². The van der Waals surface area contributed by atoms with Crippen molar-refractivity contribution >= 4 is 28.5 Å². The van der Waals surface area contributed by atoms with E-state index in [1.807, 2.05) is 49.4 Å². The standard InChI is InChI=1S/C27H28ClN3O3/c1-19(29-27(32)22-12-3-4-13-23(22)28)26-30-24-14-5-6-15-25(24)31(26)16-7-8-17-34-21-11-9-10-20(18-21)33-2/h3-6,9-15,18-19H,7-8,16-17H2,1-2H3,(H,29,32). The Balaban J connectivity index is 1.42. The van der Waals surface area contributed by atoms with Crippen molar-refractivity contribution < 1.29 is 14.3 Å². The number of aryl methyl sites for hydroxylation is 1. The third kappa shape index (κ3) is 5.51. The normalized spacial score (nSPS) is 11.9. The summed E-state index contributed by atoms with van der Waals surface area (Å²) in [4.78, 5) is 17.6. The van der Waals surface area contributed by atoms with E-state index in [2.05, 4.69) is 16.0 Å². The van der Waals surface area contributed by atoms with Gasteiger partial charge >= 0.3 is 0 Å². The smallest absolute Gasteiger partial charge is 0.253 e. The lowest BCUT2D eigenvalue weighted by atomic mass is 10.2. The fourth-order valence-corrected chi connectivity index (χ4v) is 4.12. The molecule has 176 valence electrons. The summed E-state index contributed by atoms with van der Waals surface area (Å²) in [5.74, 6) is 2.17. The molecule has 4 rings (SSSR count). The Morgan fingerprint density at radius 2 is 1.79 bits per heavy atom. The molecule has 0 bridgehead atoms. The second-order valence-electron chi connectivity index (χ2n) is 8.02. The van der Waals surface area contributed by atoms with E-state index in [0.717, 1.165) is 47.7 Å². The quantitative estimate of drug-likeness (QED) is 0.282. The number of methoxy groups -OCH3 is 1. The van der Waals surface area contributed by atoms with E-state index in [4.69, 9.17) is 26.1 Å². The molecule has 4 aromatic rings. The van der Waals surface area contributed by atoms with Gasteiger partial charge in [0.05, 0.1) is 41.4 Å². The topological polar surface area (TPSA) is 65.4 Å².